The predicted octanol–water partition coefficient (Wildman–Crippen LogP) is 2.50. The summed E-state index contributed by atoms with van der Waals surface area (Å²) in [7, 11) is 0. The third-order valence-corrected chi connectivity index (χ3v) is 5.40. The summed E-state index contributed by atoms with van der Waals surface area (Å²) in [5, 5.41) is 11.8. The van der Waals surface area contributed by atoms with Gasteiger partial charge in [0, 0.05) is 30.6 Å². The lowest BCUT2D eigenvalue weighted by molar-refractivity contribution is -0.142. The van der Waals surface area contributed by atoms with Crippen LogP contribution in [-0.2, 0) is 14.4 Å². The lowest BCUT2D eigenvalue weighted by Gasteiger charge is -2.33. The van der Waals surface area contributed by atoms with Gasteiger partial charge in [0.25, 0.3) is 0 Å². The van der Waals surface area contributed by atoms with E-state index >= 15 is 0 Å². The standard InChI is InChI=1S/C19H23FN2O4/c20-15-2-1-3-16(11-15)21-17(23)12-6-8-22(9-7-12)18(24)13-4-5-14(10-13)19(25)26/h1-3,11-14H,4-10H2,(H,21,23)(H,25,26)/t13-,14+/m0/s1. The van der Waals surface area contributed by atoms with E-state index in [4.69, 9.17) is 5.11 Å². The molecule has 1 aliphatic heterocycles. The maximum atomic E-state index is 13.2. The Hall–Kier alpha value is -2.44. The number of anilines is 1. The van der Waals surface area contributed by atoms with Crippen LogP contribution in [0, 0.1) is 23.6 Å². The number of nitrogens with one attached hydrogen (secondary N) is 1. The van der Waals surface area contributed by atoms with Gasteiger partial charge in [0.15, 0.2) is 0 Å². The molecule has 1 aliphatic carbocycles. The van der Waals surface area contributed by atoms with Gasteiger partial charge in [-0.2, -0.15) is 0 Å². The van der Waals surface area contributed by atoms with Crippen molar-refractivity contribution >= 4 is 23.5 Å². The molecule has 2 amide bonds. The Morgan fingerprint density at radius 2 is 1.73 bits per heavy atom. The highest BCUT2D eigenvalue weighted by Gasteiger charge is 2.37. The minimum absolute atomic E-state index is 0.0118. The summed E-state index contributed by atoms with van der Waals surface area (Å²) in [5.41, 5.74) is 0.430. The lowest BCUT2D eigenvalue weighted by atomic mass is 9.94. The van der Waals surface area contributed by atoms with Gasteiger partial charge in [0.2, 0.25) is 11.8 Å². The van der Waals surface area contributed by atoms with Crippen molar-refractivity contribution < 1.29 is 23.9 Å². The quantitative estimate of drug-likeness (QED) is 0.862. The molecule has 0 spiro atoms. The van der Waals surface area contributed by atoms with Crippen molar-refractivity contribution in [3.8, 4) is 0 Å². The molecule has 3 rings (SSSR count). The van der Waals surface area contributed by atoms with Crippen LogP contribution in [0.1, 0.15) is 32.1 Å². The van der Waals surface area contributed by atoms with Crippen LogP contribution in [0.15, 0.2) is 24.3 Å². The van der Waals surface area contributed by atoms with Crippen molar-refractivity contribution in [1.82, 2.24) is 4.90 Å². The summed E-state index contributed by atoms with van der Waals surface area (Å²) < 4.78 is 13.2. The van der Waals surface area contributed by atoms with Gasteiger partial charge in [-0.15, -0.1) is 0 Å². The normalized spacial score (nSPS) is 23.7. The van der Waals surface area contributed by atoms with Gasteiger partial charge in [0.1, 0.15) is 5.82 Å². The molecule has 2 aliphatic rings. The molecule has 2 atom stereocenters. The number of hydrogen-bond donors (Lipinski definition) is 2. The number of benzene rings is 1. The molecule has 1 aromatic carbocycles. The summed E-state index contributed by atoms with van der Waals surface area (Å²) in [5.74, 6) is -2.22. The maximum Gasteiger partial charge on any atom is 0.306 e. The molecular formula is C19H23FN2O4. The van der Waals surface area contributed by atoms with Gasteiger partial charge in [-0.3, -0.25) is 14.4 Å². The van der Waals surface area contributed by atoms with Crippen LogP contribution in [0.25, 0.3) is 0 Å². The monoisotopic (exact) mass is 362 g/mol. The van der Waals surface area contributed by atoms with E-state index in [1.54, 1.807) is 11.0 Å². The number of hydrogen-bond acceptors (Lipinski definition) is 3. The number of halogens is 1. The molecule has 0 unspecified atom stereocenters. The van der Waals surface area contributed by atoms with Crippen molar-refractivity contribution in [1.29, 1.82) is 0 Å². The number of aliphatic carboxylic acids is 1. The molecule has 2 fully saturated rings. The largest absolute Gasteiger partial charge is 0.481 e. The molecule has 0 radical (unpaired) electrons. The molecule has 1 heterocycles. The summed E-state index contributed by atoms with van der Waals surface area (Å²) in [6.07, 6.45) is 2.70. The Balaban J connectivity index is 1.48. The van der Waals surface area contributed by atoms with E-state index in [9.17, 15) is 18.8 Å². The Bertz CT molecular complexity index is 701. The van der Waals surface area contributed by atoms with Gasteiger partial charge >= 0.3 is 5.97 Å². The van der Waals surface area contributed by atoms with Crippen LogP contribution in [0.5, 0.6) is 0 Å². The summed E-state index contributed by atoms with van der Waals surface area (Å²) >= 11 is 0. The number of amides is 2. The van der Waals surface area contributed by atoms with E-state index in [1.165, 1.54) is 18.2 Å². The van der Waals surface area contributed by atoms with E-state index < -0.39 is 17.7 Å². The molecule has 0 bridgehead atoms. The molecule has 6 nitrogen and oxygen atoms in total. The third-order valence-electron chi connectivity index (χ3n) is 5.40. The minimum atomic E-state index is -0.826. The fourth-order valence-corrected chi connectivity index (χ4v) is 3.86. The van der Waals surface area contributed by atoms with Crippen LogP contribution in [0.2, 0.25) is 0 Å². The lowest BCUT2D eigenvalue weighted by Crippen LogP contribution is -2.43. The van der Waals surface area contributed by atoms with Crippen LogP contribution >= 0.6 is 0 Å². The smallest absolute Gasteiger partial charge is 0.306 e. The molecule has 1 saturated heterocycles. The number of likely N-dealkylation sites (tertiary alicyclic amines) is 1. The van der Waals surface area contributed by atoms with Gasteiger partial charge in [-0.05, 0) is 50.3 Å². The molecule has 7 heteroatoms. The average molecular weight is 362 g/mol. The molecule has 1 saturated carbocycles. The number of carboxylic acids is 1. The summed E-state index contributed by atoms with van der Waals surface area (Å²) in [6, 6.07) is 5.77. The molecule has 1 aromatic rings. The zero-order valence-electron chi connectivity index (χ0n) is 14.5. The van der Waals surface area contributed by atoms with E-state index in [-0.39, 0.29) is 23.7 Å². The van der Waals surface area contributed by atoms with Crippen LogP contribution < -0.4 is 5.32 Å². The summed E-state index contributed by atoms with van der Waals surface area (Å²) in [4.78, 5) is 37.7. The van der Waals surface area contributed by atoms with Crippen molar-refractivity contribution in [3.05, 3.63) is 30.1 Å². The zero-order valence-corrected chi connectivity index (χ0v) is 14.5. The van der Waals surface area contributed by atoms with Crippen molar-refractivity contribution in [3.63, 3.8) is 0 Å². The Kier molecular flexibility index (Phi) is 5.54. The molecule has 0 aromatic heterocycles. The highest BCUT2D eigenvalue weighted by molar-refractivity contribution is 5.92. The number of piperidine rings is 1. The van der Waals surface area contributed by atoms with Gasteiger partial charge < -0.3 is 15.3 Å². The van der Waals surface area contributed by atoms with Crippen molar-refractivity contribution in [2.75, 3.05) is 18.4 Å². The summed E-state index contributed by atoms with van der Waals surface area (Å²) in [6.45, 7) is 0.989. The first-order valence-corrected chi connectivity index (χ1v) is 9.02. The number of carbonyl (C=O) groups excluding carboxylic acids is 2. The van der Waals surface area contributed by atoms with Crippen LogP contribution in [0.4, 0.5) is 10.1 Å². The second-order valence-electron chi connectivity index (χ2n) is 7.14. The Morgan fingerprint density at radius 1 is 1.04 bits per heavy atom. The molecular weight excluding hydrogens is 339 g/mol. The zero-order chi connectivity index (χ0) is 18.7. The highest BCUT2D eigenvalue weighted by atomic mass is 19.1. The molecule has 140 valence electrons. The predicted molar refractivity (Wildman–Crippen MR) is 92.8 cm³/mol. The number of rotatable bonds is 4. The Labute approximate surface area is 151 Å². The topological polar surface area (TPSA) is 86.7 Å². The van der Waals surface area contributed by atoms with Gasteiger partial charge in [-0.1, -0.05) is 6.07 Å². The first-order chi connectivity index (χ1) is 12.4. The molecule has 2 N–H and O–H groups in total. The first kappa shape index (κ1) is 18.4. The van der Waals surface area contributed by atoms with Crippen LogP contribution in [-0.4, -0.2) is 40.9 Å². The second-order valence-corrected chi connectivity index (χ2v) is 7.14. The minimum Gasteiger partial charge on any atom is -0.481 e. The molecule has 26 heavy (non-hydrogen) atoms. The van der Waals surface area contributed by atoms with E-state index in [0.29, 0.717) is 50.9 Å². The number of carboxylic acid groups (broad SMARTS) is 1. The number of nitrogens with zero attached hydrogens (tertiary/aromatic N) is 1. The van der Waals surface area contributed by atoms with Crippen molar-refractivity contribution in [2.45, 2.75) is 32.1 Å². The van der Waals surface area contributed by atoms with E-state index in [1.807, 2.05) is 0 Å². The Morgan fingerprint density at radius 3 is 2.35 bits per heavy atom. The van der Waals surface area contributed by atoms with E-state index in [2.05, 4.69) is 5.32 Å². The van der Waals surface area contributed by atoms with Gasteiger partial charge in [0.05, 0.1) is 5.92 Å². The third kappa shape index (κ3) is 4.20. The van der Waals surface area contributed by atoms with Crippen molar-refractivity contribution in [2.24, 2.45) is 17.8 Å². The fraction of sp³-hybridized carbons (Fsp3) is 0.526. The van der Waals surface area contributed by atoms with E-state index in [0.717, 1.165) is 0 Å². The maximum absolute atomic E-state index is 13.2. The second kappa shape index (κ2) is 7.85. The first-order valence-electron chi connectivity index (χ1n) is 9.02. The SMILES string of the molecule is O=C(Nc1cccc(F)c1)C1CCN(C(=O)[C@H]2CC[C@@H](C(=O)O)C2)CC1. The number of carbonyl (C=O) groups is 3. The van der Waals surface area contributed by atoms with Gasteiger partial charge in [-0.25, -0.2) is 4.39 Å². The fourth-order valence-electron chi connectivity index (χ4n) is 3.86. The average Bonchev–Trinajstić information content (AvgIpc) is 3.12. The van der Waals surface area contributed by atoms with Crippen LogP contribution in [0.3, 0.4) is 0 Å². The highest BCUT2D eigenvalue weighted by Crippen LogP contribution is 2.33.